The number of nitrogens with one attached hydrogen (secondary N) is 1. The minimum absolute atomic E-state index is 0.677. The van der Waals surface area contributed by atoms with Gasteiger partial charge in [0.1, 0.15) is 5.01 Å². The average molecular weight is 288 g/mol. The molecule has 20 heavy (non-hydrogen) atoms. The van der Waals surface area contributed by atoms with E-state index in [1.165, 1.54) is 27.3 Å². The van der Waals surface area contributed by atoms with Gasteiger partial charge in [-0.25, -0.2) is 4.98 Å². The molecular formula is C17H24N2S. The lowest BCUT2D eigenvalue weighted by atomic mass is 9.99. The normalized spacial score (nSPS) is 11.3. The van der Waals surface area contributed by atoms with Gasteiger partial charge in [0.05, 0.1) is 5.69 Å². The number of benzene rings is 1. The summed E-state index contributed by atoms with van der Waals surface area (Å²) in [5, 5.41) is 6.78. The summed E-state index contributed by atoms with van der Waals surface area (Å²) in [4.78, 5) is 4.76. The summed E-state index contributed by atoms with van der Waals surface area (Å²) in [5.41, 5.74) is 6.36. The van der Waals surface area contributed by atoms with Crippen LogP contribution in [-0.4, -0.2) is 11.5 Å². The first-order valence-electron chi connectivity index (χ1n) is 7.20. The fourth-order valence-electron chi connectivity index (χ4n) is 2.22. The Kier molecular flexibility index (Phi) is 4.95. The topological polar surface area (TPSA) is 24.9 Å². The Bertz CT molecular complexity index is 585. The SMILES string of the molecule is Cc1cc(C)c(-c2csc(CNCC(C)C)n2)cc1C. The summed E-state index contributed by atoms with van der Waals surface area (Å²) in [7, 11) is 0. The molecule has 0 spiro atoms. The standard InChI is InChI=1S/C17H24N2S/c1-11(2)8-18-9-17-19-16(10-20-17)15-7-13(4)12(3)6-14(15)5/h6-7,10-11,18H,8-9H2,1-5H3. The largest absolute Gasteiger partial charge is 0.310 e. The van der Waals surface area contributed by atoms with Crippen molar-refractivity contribution in [2.24, 2.45) is 5.92 Å². The summed E-state index contributed by atoms with van der Waals surface area (Å²) in [5.74, 6) is 0.677. The molecule has 2 aromatic rings. The number of hydrogen-bond acceptors (Lipinski definition) is 3. The molecule has 108 valence electrons. The predicted molar refractivity (Wildman–Crippen MR) is 88.3 cm³/mol. The van der Waals surface area contributed by atoms with E-state index in [1.807, 2.05) is 0 Å². The Balaban J connectivity index is 2.14. The van der Waals surface area contributed by atoms with Gasteiger partial charge in [-0.3, -0.25) is 0 Å². The monoisotopic (exact) mass is 288 g/mol. The molecule has 1 aromatic carbocycles. The van der Waals surface area contributed by atoms with Crippen LogP contribution in [0, 0.1) is 26.7 Å². The van der Waals surface area contributed by atoms with E-state index in [0.29, 0.717) is 5.92 Å². The van der Waals surface area contributed by atoms with Crippen LogP contribution >= 0.6 is 11.3 Å². The van der Waals surface area contributed by atoms with E-state index in [9.17, 15) is 0 Å². The zero-order valence-electron chi connectivity index (χ0n) is 13.1. The van der Waals surface area contributed by atoms with Crippen LogP contribution in [0.15, 0.2) is 17.5 Å². The molecule has 0 amide bonds. The Morgan fingerprint density at radius 1 is 1.10 bits per heavy atom. The molecule has 0 saturated carbocycles. The van der Waals surface area contributed by atoms with E-state index in [4.69, 9.17) is 4.98 Å². The van der Waals surface area contributed by atoms with E-state index >= 15 is 0 Å². The second-order valence-corrected chi connectivity index (χ2v) is 6.85. The van der Waals surface area contributed by atoms with Gasteiger partial charge in [0.2, 0.25) is 0 Å². The Morgan fingerprint density at radius 2 is 1.80 bits per heavy atom. The highest BCUT2D eigenvalue weighted by Crippen LogP contribution is 2.27. The fraction of sp³-hybridized carbons (Fsp3) is 0.471. The first-order valence-corrected chi connectivity index (χ1v) is 8.08. The summed E-state index contributed by atoms with van der Waals surface area (Å²) < 4.78 is 0. The smallest absolute Gasteiger partial charge is 0.107 e. The van der Waals surface area contributed by atoms with Crippen LogP contribution in [0.4, 0.5) is 0 Å². The summed E-state index contributed by atoms with van der Waals surface area (Å²) in [6, 6.07) is 4.51. The maximum atomic E-state index is 4.76. The van der Waals surface area contributed by atoms with Crippen molar-refractivity contribution in [1.29, 1.82) is 0 Å². The lowest BCUT2D eigenvalue weighted by molar-refractivity contribution is 0.551. The fourth-order valence-corrected chi connectivity index (χ4v) is 2.98. The molecule has 0 aliphatic heterocycles. The molecule has 0 aliphatic rings. The van der Waals surface area contributed by atoms with Crippen molar-refractivity contribution in [3.8, 4) is 11.3 Å². The molecule has 0 radical (unpaired) electrons. The highest BCUT2D eigenvalue weighted by Gasteiger charge is 2.09. The van der Waals surface area contributed by atoms with Crippen LogP contribution in [0.2, 0.25) is 0 Å². The van der Waals surface area contributed by atoms with E-state index in [2.05, 4.69) is 57.4 Å². The summed E-state index contributed by atoms with van der Waals surface area (Å²) in [6.45, 7) is 12.8. The number of aromatic nitrogens is 1. The lowest BCUT2D eigenvalue weighted by Crippen LogP contribution is -2.18. The Hall–Kier alpha value is -1.19. The van der Waals surface area contributed by atoms with Crippen molar-refractivity contribution in [1.82, 2.24) is 10.3 Å². The molecular weight excluding hydrogens is 264 g/mol. The number of hydrogen-bond donors (Lipinski definition) is 1. The molecule has 2 rings (SSSR count). The van der Waals surface area contributed by atoms with Crippen LogP contribution in [0.3, 0.4) is 0 Å². The van der Waals surface area contributed by atoms with Gasteiger partial charge in [0.25, 0.3) is 0 Å². The zero-order chi connectivity index (χ0) is 14.7. The first-order chi connectivity index (χ1) is 9.47. The molecule has 3 heteroatoms. The minimum atomic E-state index is 0.677. The predicted octanol–water partition coefficient (Wildman–Crippen LogP) is 4.48. The first kappa shape index (κ1) is 15.2. The molecule has 0 fully saturated rings. The third-order valence-electron chi connectivity index (χ3n) is 3.50. The van der Waals surface area contributed by atoms with Gasteiger partial charge < -0.3 is 5.32 Å². The second-order valence-electron chi connectivity index (χ2n) is 5.90. The van der Waals surface area contributed by atoms with Crippen molar-refractivity contribution in [3.05, 3.63) is 39.2 Å². The Morgan fingerprint density at radius 3 is 2.50 bits per heavy atom. The minimum Gasteiger partial charge on any atom is -0.310 e. The van der Waals surface area contributed by atoms with E-state index in [0.717, 1.165) is 18.8 Å². The average Bonchev–Trinajstić information content (AvgIpc) is 2.82. The molecule has 0 bridgehead atoms. The highest BCUT2D eigenvalue weighted by molar-refractivity contribution is 7.09. The maximum Gasteiger partial charge on any atom is 0.107 e. The van der Waals surface area contributed by atoms with Crippen molar-refractivity contribution in [2.45, 2.75) is 41.2 Å². The van der Waals surface area contributed by atoms with E-state index in [-0.39, 0.29) is 0 Å². The molecule has 0 aliphatic carbocycles. The van der Waals surface area contributed by atoms with E-state index in [1.54, 1.807) is 11.3 Å². The van der Waals surface area contributed by atoms with Crippen LogP contribution in [-0.2, 0) is 6.54 Å². The van der Waals surface area contributed by atoms with Crippen LogP contribution in [0.1, 0.15) is 35.5 Å². The molecule has 0 unspecified atom stereocenters. The quantitative estimate of drug-likeness (QED) is 0.877. The van der Waals surface area contributed by atoms with Crippen molar-refractivity contribution < 1.29 is 0 Å². The number of aryl methyl sites for hydroxylation is 3. The molecule has 1 N–H and O–H groups in total. The number of thiazole rings is 1. The second kappa shape index (κ2) is 6.51. The molecule has 0 atom stereocenters. The van der Waals surface area contributed by atoms with Gasteiger partial charge in [0.15, 0.2) is 0 Å². The maximum absolute atomic E-state index is 4.76. The van der Waals surface area contributed by atoms with Crippen LogP contribution in [0.25, 0.3) is 11.3 Å². The number of nitrogens with zero attached hydrogens (tertiary/aromatic N) is 1. The Labute approximate surface area is 126 Å². The van der Waals surface area contributed by atoms with Crippen molar-refractivity contribution >= 4 is 11.3 Å². The number of rotatable bonds is 5. The summed E-state index contributed by atoms with van der Waals surface area (Å²) in [6.07, 6.45) is 0. The van der Waals surface area contributed by atoms with E-state index < -0.39 is 0 Å². The van der Waals surface area contributed by atoms with Gasteiger partial charge in [-0.1, -0.05) is 19.9 Å². The van der Waals surface area contributed by atoms with Gasteiger partial charge in [-0.05, 0) is 56.0 Å². The lowest BCUT2D eigenvalue weighted by Gasteiger charge is -2.07. The third kappa shape index (κ3) is 3.68. The van der Waals surface area contributed by atoms with Crippen molar-refractivity contribution in [2.75, 3.05) is 6.54 Å². The van der Waals surface area contributed by atoms with Gasteiger partial charge >= 0.3 is 0 Å². The van der Waals surface area contributed by atoms with Crippen LogP contribution in [0.5, 0.6) is 0 Å². The van der Waals surface area contributed by atoms with Crippen molar-refractivity contribution in [3.63, 3.8) is 0 Å². The van der Waals surface area contributed by atoms with Gasteiger partial charge in [-0.2, -0.15) is 0 Å². The molecule has 1 heterocycles. The molecule has 0 saturated heterocycles. The van der Waals surface area contributed by atoms with Gasteiger partial charge in [-0.15, -0.1) is 11.3 Å². The molecule has 2 nitrogen and oxygen atoms in total. The zero-order valence-corrected chi connectivity index (χ0v) is 13.9. The molecule has 1 aromatic heterocycles. The van der Waals surface area contributed by atoms with Crippen LogP contribution < -0.4 is 5.32 Å². The summed E-state index contributed by atoms with van der Waals surface area (Å²) >= 11 is 1.74. The highest BCUT2D eigenvalue weighted by atomic mass is 32.1. The third-order valence-corrected chi connectivity index (χ3v) is 4.35. The van der Waals surface area contributed by atoms with Gasteiger partial charge in [0, 0.05) is 17.5 Å².